The summed E-state index contributed by atoms with van der Waals surface area (Å²) in [6, 6.07) is 23.2. The lowest BCUT2D eigenvalue weighted by molar-refractivity contribution is 0.410. The van der Waals surface area contributed by atoms with Crippen molar-refractivity contribution in [2.45, 2.75) is 77.5 Å². The standard InChI is InChI=1S/C37H38N2S/c1-22(2)14-23-9-11-27-26(15-23)17-30-34-33-28(12-13-39-34)29-16-24(19-37(6,7)21-38)8-10-25(29)18-32(33)40-35(30)31(27)20-36(3,4)5/h8-13,15-18,22H,14,19-20H2,1-7H3. The Bertz CT molecular complexity index is 1850. The van der Waals surface area contributed by atoms with E-state index < -0.39 is 5.41 Å². The lowest BCUT2D eigenvalue weighted by atomic mass is 9.84. The van der Waals surface area contributed by atoms with Crippen molar-refractivity contribution in [1.82, 2.24) is 4.98 Å². The summed E-state index contributed by atoms with van der Waals surface area (Å²) < 4.78 is 0. The number of nitrogens with zero attached hydrogens (tertiary/aromatic N) is 2. The molecule has 3 heteroatoms. The Kier molecular flexibility index (Phi) is 6.47. The van der Waals surface area contributed by atoms with Crippen LogP contribution in [-0.2, 0) is 19.3 Å². The average molecular weight is 543 g/mol. The molecule has 0 amide bonds. The molecule has 2 heterocycles. The fourth-order valence-electron chi connectivity index (χ4n) is 6.28. The zero-order valence-corrected chi connectivity index (χ0v) is 25.6. The number of pyridine rings is 1. The molecule has 1 aliphatic rings. The van der Waals surface area contributed by atoms with Gasteiger partial charge in [-0.1, -0.05) is 82.8 Å². The van der Waals surface area contributed by atoms with Gasteiger partial charge in [-0.3, -0.25) is 4.98 Å². The predicted octanol–water partition coefficient (Wildman–Crippen LogP) is 10.6. The van der Waals surface area contributed by atoms with Gasteiger partial charge in [0.25, 0.3) is 0 Å². The molecular weight excluding hydrogens is 504 g/mol. The fraction of sp³-hybridized carbons (Fsp3) is 0.351. The Morgan fingerprint density at radius 1 is 0.825 bits per heavy atom. The van der Waals surface area contributed by atoms with E-state index in [0.29, 0.717) is 5.92 Å². The number of hydrogen-bond acceptors (Lipinski definition) is 3. The summed E-state index contributed by atoms with van der Waals surface area (Å²) in [5.41, 5.74) is 6.17. The molecular formula is C37H38N2S. The van der Waals surface area contributed by atoms with Crippen LogP contribution in [0.25, 0.3) is 43.6 Å². The fourth-order valence-corrected chi connectivity index (χ4v) is 7.56. The van der Waals surface area contributed by atoms with Gasteiger partial charge in [0.15, 0.2) is 0 Å². The zero-order valence-electron chi connectivity index (χ0n) is 24.8. The van der Waals surface area contributed by atoms with Crippen LogP contribution in [0.1, 0.15) is 65.2 Å². The van der Waals surface area contributed by atoms with Crippen LogP contribution in [0.4, 0.5) is 0 Å². The van der Waals surface area contributed by atoms with E-state index in [1.54, 1.807) is 0 Å². The topological polar surface area (TPSA) is 36.7 Å². The van der Waals surface area contributed by atoms with Crippen LogP contribution in [-0.4, -0.2) is 4.98 Å². The third-order valence-electron chi connectivity index (χ3n) is 7.92. The van der Waals surface area contributed by atoms with Crippen molar-refractivity contribution in [3.05, 3.63) is 77.5 Å². The Morgan fingerprint density at radius 3 is 2.33 bits per heavy atom. The zero-order chi connectivity index (χ0) is 28.4. The SMILES string of the molecule is CC(C)Cc1ccc2c(CC(C)(C)C)c3c(cc2c1)-c1nccc2c1c(cc1ccc(CC(C)(C)C#N)cc12)S3. The lowest BCUT2D eigenvalue weighted by Crippen LogP contribution is -2.12. The van der Waals surface area contributed by atoms with Crippen molar-refractivity contribution >= 4 is 44.1 Å². The molecule has 1 aliphatic heterocycles. The maximum atomic E-state index is 9.61. The van der Waals surface area contributed by atoms with E-state index in [2.05, 4.69) is 95.3 Å². The number of benzene rings is 4. The minimum absolute atomic E-state index is 0.163. The molecule has 0 saturated heterocycles. The first-order chi connectivity index (χ1) is 18.9. The molecule has 202 valence electrons. The molecule has 0 radical (unpaired) electrons. The molecule has 0 aliphatic carbocycles. The van der Waals surface area contributed by atoms with Gasteiger partial charge in [-0.15, -0.1) is 0 Å². The summed E-state index contributed by atoms with van der Waals surface area (Å²) in [4.78, 5) is 7.69. The molecule has 0 unspecified atom stereocenters. The Balaban J connectivity index is 1.62. The van der Waals surface area contributed by atoms with Gasteiger partial charge in [-0.05, 0) is 106 Å². The first-order valence-corrected chi connectivity index (χ1v) is 15.3. The van der Waals surface area contributed by atoms with Gasteiger partial charge in [0.2, 0.25) is 0 Å². The van der Waals surface area contributed by atoms with Crippen LogP contribution < -0.4 is 0 Å². The molecule has 4 aromatic carbocycles. The Labute approximate surface area is 242 Å². The highest BCUT2D eigenvalue weighted by Crippen LogP contribution is 2.52. The molecule has 40 heavy (non-hydrogen) atoms. The minimum Gasteiger partial charge on any atom is -0.256 e. The third kappa shape index (κ3) is 4.88. The maximum absolute atomic E-state index is 9.61. The second kappa shape index (κ2) is 9.64. The number of nitriles is 1. The van der Waals surface area contributed by atoms with Crippen molar-refractivity contribution in [3.63, 3.8) is 0 Å². The van der Waals surface area contributed by atoms with Gasteiger partial charge >= 0.3 is 0 Å². The second-order valence-corrected chi connectivity index (χ2v) is 15.0. The maximum Gasteiger partial charge on any atom is 0.0803 e. The molecule has 0 N–H and O–H groups in total. The highest BCUT2D eigenvalue weighted by Gasteiger charge is 2.28. The van der Waals surface area contributed by atoms with Crippen LogP contribution in [0.2, 0.25) is 0 Å². The van der Waals surface area contributed by atoms with Crippen molar-refractivity contribution in [3.8, 4) is 17.3 Å². The van der Waals surface area contributed by atoms with Crippen molar-refractivity contribution in [2.75, 3.05) is 0 Å². The Hall–Kier alpha value is -3.35. The molecule has 5 aromatic rings. The summed E-state index contributed by atoms with van der Waals surface area (Å²) in [6.45, 7) is 15.6. The van der Waals surface area contributed by atoms with Crippen molar-refractivity contribution < 1.29 is 0 Å². The van der Waals surface area contributed by atoms with Gasteiger partial charge in [0.1, 0.15) is 0 Å². The number of rotatable bonds is 5. The summed E-state index contributed by atoms with van der Waals surface area (Å²) in [7, 11) is 0. The smallest absolute Gasteiger partial charge is 0.0803 e. The second-order valence-electron chi connectivity index (χ2n) is 13.9. The quantitative estimate of drug-likeness (QED) is 0.203. The van der Waals surface area contributed by atoms with Crippen LogP contribution in [0.3, 0.4) is 0 Å². The molecule has 0 spiro atoms. The van der Waals surface area contributed by atoms with Gasteiger partial charge in [0, 0.05) is 26.9 Å². The van der Waals surface area contributed by atoms with Crippen LogP contribution in [0.15, 0.2) is 70.6 Å². The highest BCUT2D eigenvalue weighted by atomic mass is 32.2. The van der Waals surface area contributed by atoms with E-state index in [1.165, 1.54) is 64.4 Å². The third-order valence-corrected chi connectivity index (χ3v) is 9.13. The van der Waals surface area contributed by atoms with E-state index in [0.717, 1.165) is 25.0 Å². The highest BCUT2D eigenvalue weighted by molar-refractivity contribution is 8.00. The molecule has 0 saturated carbocycles. The molecule has 0 atom stereocenters. The van der Waals surface area contributed by atoms with E-state index in [4.69, 9.17) is 4.98 Å². The van der Waals surface area contributed by atoms with E-state index in [1.807, 2.05) is 31.8 Å². The first-order valence-electron chi connectivity index (χ1n) is 14.4. The van der Waals surface area contributed by atoms with Crippen LogP contribution >= 0.6 is 11.8 Å². The molecule has 1 aromatic heterocycles. The molecule has 6 rings (SSSR count). The van der Waals surface area contributed by atoms with Gasteiger partial charge in [-0.2, -0.15) is 5.26 Å². The van der Waals surface area contributed by atoms with E-state index >= 15 is 0 Å². The molecule has 0 bridgehead atoms. The average Bonchev–Trinajstić information content (AvgIpc) is 2.88. The summed E-state index contributed by atoms with van der Waals surface area (Å²) in [5, 5.41) is 17.3. The lowest BCUT2D eigenvalue weighted by Gasteiger charge is -2.27. The number of aromatic nitrogens is 1. The van der Waals surface area contributed by atoms with Crippen molar-refractivity contribution in [1.29, 1.82) is 5.26 Å². The Morgan fingerprint density at radius 2 is 1.60 bits per heavy atom. The minimum atomic E-state index is -0.394. The van der Waals surface area contributed by atoms with Gasteiger partial charge < -0.3 is 0 Å². The molecule has 0 fully saturated rings. The van der Waals surface area contributed by atoms with Crippen molar-refractivity contribution in [2.24, 2.45) is 16.7 Å². The normalized spacial score (nSPS) is 13.3. The number of fused-ring (bicyclic) bond motifs is 5. The first kappa shape index (κ1) is 26.9. The number of hydrogen-bond donors (Lipinski definition) is 0. The van der Waals surface area contributed by atoms with Crippen LogP contribution in [0.5, 0.6) is 0 Å². The van der Waals surface area contributed by atoms with Gasteiger partial charge in [-0.25, -0.2) is 0 Å². The molecule has 2 nitrogen and oxygen atoms in total. The van der Waals surface area contributed by atoms with E-state index in [9.17, 15) is 5.26 Å². The largest absolute Gasteiger partial charge is 0.256 e. The monoisotopic (exact) mass is 542 g/mol. The predicted molar refractivity (Wildman–Crippen MR) is 171 cm³/mol. The van der Waals surface area contributed by atoms with Gasteiger partial charge in [0.05, 0.1) is 17.2 Å². The summed E-state index contributed by atoms with van der Waals surface area (Å²) in [5.74, 6) is 0.624. The summed E-state index contributed by atoms with van der Waals surface area (Å²) in [6.07, 6.45) is 4.82. The van der Waals surface area contributed by atoms with E-state index in [-0.39, 0.29) is 5.41 Å². The summed E-state index contributed by atoms with van der Waals surface area (Å²) >= 11 is 1.92. The van der Waals surface area contributed by atoms with Crippen LogP contribution in [0, 0.1) is 28.1 Å².